The van der Waals surface area contributed by atoms with Crippen molar-refractivity contribution in [3.8, 4) is 0 Å². The Morgan fingerprint density at radius 3 is 2.40 bits per heavy atom. The van der Waals surface area contributed by atoms with Gasteiger partial charge in [-0.1, -0.05) is 18.2 Å². The maximum atomic E-state index is 11.7. The summed E-state index contributed by atoms with van der Waals surface area (Å²) in [6.07, 6.45) is 4.81. The second kappa shape index (κ2) is 3.23. The van der Waals surface area contributed by atoms with Gasteiger partial charge in [-0.15, -0.1) is 0 Å². The molecule has 15 heavy (non-hydrogen) atoms. The molecule has 2 aliphatic rings. The predicted octanol–water partition coefficient (Wildman–Crippen LogP) is 2.72. The fourth-order valence-corrected chi connectivity index (χ4v) is 2.48. The normalized spacial score (nSPS) is 19.3. The van der Waals surface area contributed by atoms with Gasteiger partial charge in [-0.2, -0.15) is 0 Å². The molecule has 76 valence electrons. The lowest BCUT2D eigenvalue weighted by molar-refractivity contribution is 0.0981. The number of benzene rings is 1. The van der Waals surface area contributed by atoms with E-state index >= 15 is 0 Å². The van der Waals surface area contributed by atoms with Crippen LogP contribution in [0.2, 0.25) is 0 Å². The molecule has 1 aliphatic carbocycles. The van der Waals surface area contributed by atoms with E-state index in [9.17, 15) is 4.79 Å². The van der Waals surface area contributed by atoms with Gasteiger partial charge >= 0.3 is 0 Å². The Labute approximate surface area is 89.0 Å². The summed E-state index contributed by atoms with van der Waals surface area (Å²) in [6.45, 7) is 0. The number of nitrogens with one attached hydrogen (secondary N) is 1. The maximum Gasteiger partial charge on any atom is 0.256 e. The lowest BCUT2D eigenvalue weighted by Crippen LogP contribution is -2.13. The van der Waals surface area contributed by atoms with Gasteiger partial charge in [0.15, 0.2) is 0 Å². The van der Waals surface area contributed by atoms with E-state index in [1.807, 2.05) is 24.3 Å². The van der Waals surface area contributed by atoms with Gasteiger partial charge in [0, 0.05) is 16.8 Å². The second-order valence-electron chi connectivity index (χ2n) is 4.19. The van der Waals surface area contributed by atoms with Crippen LogP contribution in [0.1, 0.15) is 41.6 Å². The molecule has 0 spiro atoms. The Hall–Kier alpha value is -1.57. The molecule has 1 aromatic rings. The summed E-state index contributed by atoms with van der Waals surface area (Å²) in [5.74, 6) is 0.0556. The first-order valence-corrected chi connectivity index (χ1v) is 5.49. The van der Waals surface area contributed by atoms with Crippen molar-refractivity contribution in [2.45, 2.75) is 25.7 Å². The van der Waals surface area contributed by atoms with Crippen LogP contribution in [0.5, 0.6) is 0 Å². The fraction of sp³-hybridized carbons (Fsp3) is 0.308. The Balaban J connectivity index is 2.15. The third-order valence-corrected chi connectivity index (χ3v) is 3.24. The molecule has 0 aromatic heterocycles. The highest BCUT2D eigenvalue weighted by atomic mass is 16.1. The van der Waals surface area contributed by atoms with Crippen LogP contribution in [0, 0.1) is 0 Å². The van der Waals surface area contributed by atoms with Crippen LogP contribution in [-0.2, 0) is 0 Å². The first-order valence-electron chi connectivity index (χ1n) is 5.49. The van der Waals surface area contributed by atoms with Gasteiger partial charge in [0.25, 0.3) is 5.91 Å². The van der Waals surface area contributed by atoms with E-state index in [0.29, 0.717) is 0 Å². The predicted molar refractivity (Wildman–Crippen MR) is 59.3 cm³/mol. The zero-order chi connectivity index (χ0) is 10.3. The lowest BCUT2D eigenvalue weighted by atomic mass is 10.0. The highest BCUT2D eigenvalue weighted by Gasteiger charge is 2.26. The summed E-state index contributed by atoms with van der Waals surface area (Å²) >= 11 is 0. The molecular formula is C13H13NO. The Kier molecular flexibility index (Phi) is 1.88. The molecule has 1 amide bonds. The Bertz CT molecular complexity index is 451. The summed E-state index contributed by atoms with van der Waals surface area (Å²) in [7, 11) is 0. The van der Waals surface area contributed by atoms with Crippen LogP contribution in [-0.4, -0.2) is 5.91 Å². The molecule has 2 nitrogen and oxygen atoms in total. The van der Waals surface area contributed by atoms with Gasteiger partial charge in [0.2, 0.25) is 0 Å². The Morgan fingerprint density at radius 2 is 1.67 bits per heavy atom. The average molecular weight is 199 g/mol. The van der Waals surface area contributed by atoms with Crippen LogP contribution >= 0.6 is 0 Å². The Morgan fingerprint density at radius 1 is 1.00 bits per heavy atom. The topological polar surface area (TPSA) is 29.1 Å². The van der Waals surface area contributed by atoms with Crippen molar-refractivity contribution >= 4 is 11.6 Å². The molecule has 1 saturated carbocycles. The van der Waals surface area contributed by atoms with Gasteiger partial charge in [0.05, 0.1) is 0 Å². The third-order valence-electron chi connectivity index (χ3n) is 3.24. The number of carbonyl (C=O) groups is 1. The largest absolute Gasteiger partial charge is 0.321 e. The number of allylic oxidation sites excluding steroid dienone is 1. The van der Waals surface area contributed by atoms with E-state index in [0.717, 1.165) is 29.7 Å². The number of rotatable bonds is 0. The molecule has 0 saturated heterocycles. The van der Waals surface area contributed by atoms with Crippen molar-refractivity contribution < 1.29 is 4.79 Å². The first-order chi connectivity index (χ1) is 7.36. The molecule has 1 heterocycles. The highest BCUT2D eigenvalue weighted by molar-refractivity contribution is 6.09. The highest BCUT2D eigenvalue weighted by Crippen LogP contribution is 2.34. The molecule has 3 rings (SSSR count). The lowest BCUT2D eigenvalue weighted by Gasteiger charge is -2.04. The van der Waals surface area contributed by atoms with Gasteiger partial charge in [0.1, 0.15) is 0 Å². The van der Waals surface area contributed by atoms with Crippen LogP contribution in [0.3, 0.4) is 0 Å². The van der Waals surface area contributed by atoms with E-state index < -0.39 is 0 Å². The standard InChI is InChI=1S/C13H13NO/c15-13-11-8-4-3-7-10(11)12(14-13)9-5-1-2-6-9/h3-4,7-8H,1-2,5-6H2,(H,14,15). The molecule has 1 fully saturated rings. The van der Waals surface area contributed by atoms with E-state index in [4.69, 9.17) is 0 Å². The minimum atomic E-state index is 0.0556. The van der Waals surface area contributed by atoms with Crippen molar-refractivity contribution in [3.05, 3.63) is 41.0 Å². The van der Waals surface area contributed by atoms with E-state index in [-0.39, 0.29) is 5.91 Å². The number of hydrogen-bond donors (Lipinski definition) is 1. The smallest absolute Gasteiger partial charge is 0.256 e. The number of hydrogen-bond acceptors (Lipinski definition) is 1. The molecule has 0 atom stereocenters. The minimum absolute atomic E-state index is 0.0556. The molecule has 0 radical (unpaired) electrons. The van der Waals surface area contributed by atoms with Gasteiger partial charge in [-0.05, 0) is 37.3 Å². The summed E-state index contributed by atoms with van der Waals surface area (Å²) in [5.41, 5.74) is 4.44. The van der Waals surface area contributed by atoms with Crippen molar-refractivity contribution in [3.63, 3.8) is 0 Å². The first kappa shape index (κ1) is 8.72. The maximum absolute atomic E-state index is 11.7. The minimum Gasteiger partial charge on any atom is -0.321 e. The zero-order valence-corrected chi connectivity index (χ0v) is 8.55. The summed E-state index contributed by atoms with van der Waals surface area (Å²) in [4.78, 5) is 11.7. The van der Waals surface area contributed by atoms with Crippen molar-refractivity contribution in [1.82, 2.24) is 5.32 Å². The molecule has 2 heteroatoms. The molecule has 0 bridgehead atoms. The van der Waals surface area contributed by atoms with E-state index in [1.54, 1.807) is 0 Å². The molecule has 1 aliphatic heterocycles. The third kappa shape index (κ3) is 1.29. The van der Waals surface area contributed by atoms with Crippen molar-refractivity contribution in [2.24, 2.45) is 0 Å². The second-order valence-corrected chi connectivity index (χ2v) is 4.19. The summed E-state index contributed by atoms with van der Waals surface area (Å²) < 4.78 is 0. The van der Waals surface area contributed by atoms with Crippen LogP contribution in [0.15, 0.2) is 29.8 Å². The van der Waals surface area contributed by atoms with Gasteiger partial charge in [-0.3, -0.25) is 4.79 Å². The summed E-state index contributed by atoms with van der Waals surface area (Å²) in [6, 6.07) is 7.84. The van der Waals surface area contributed by atoms with Crippen molar-refractivity contribution in [1.29, 1.82) is 0 Å². The van der Waals surface area contributed by atoms with Gasteiger partial charge in [-0.25, -0.2) is 0 Å². The number of amides is 1. The van der Waals surface area contributed by atoms with Crippen LogP contribution in [0.4, 0.5) is 0 Å². The van der Waals surface area contributed by atoms with Crippen molar-refractivity contribution in [2.75, 3.05) is 0 Å². The van der Waals surface area contributed by atoms with Crippen LogP contribution < -0.4 is 5.32 Å². The monoisotopic (exact) mass is 199 g/mol. The molecule has 1 N–H and O–H groups in total. The average Bonchev–Trinajstić information content (AvgIpc) is 2.87. The van der Waals surface area contributed by atoms with E-state index in [2.05, 4.69) is 5.32 Å². The van der Waals surface area contributed by atoms with E-state index in [1.165, 1.54) is 18.4 Å². The quantitative estimate of drug-likeness (QED) is 0.684. The fourth-order valence-electron chi connectivity index (χ4n) is 2.48. The van der Waals surface area contributed by atoms with Crippen LogP contribution in [0.25, 0.3) is 5.70 Å². The molecule has 0 unspecified atom stereocenters. The van der Waals surface area contributed by atoms with Gasteiger partial charge < -0.3 is 5.32 Å². The SMILES string of the molecule is O=C1NC(=C2CCCC2)c2ccccc21. The summed E-state index contributed by atoms with van der Waals surface area (Å²) in [5, 5.41) is 3.00. The number of carbonyl (C=O) groups excluding carboxylic acids is 1. The zero-order valence-electron chi connectivity index (χ0n) is 8.55. The molecular weight excluding hydrogens is 186 g/mol. The number of fused-ring (bicyclic) bond motifs is 1. The molecule has 1 aromatic carbocycles.